The number of pyridine rings is 2. The van der Waals surface area contributed by atoms with Crippen LogP contribution in [0.5, 0.6) is 11.5 Å². The molecule has 2 N–H and O–H groups in total. The number of methoxy groups -OCH3 is 2. The van der Waals surface area contributed by atoms with E-state index in [-0.39, 0.29) is 0 Å². The van der Waals surface area contributed by atoms with Gasteiger partial charge in [-0.1, -0.05) is 28.7 Å². The first kappa shape index (κ1) is 15.8. The van der Waals surface area contributed by atoms with E-state index in [1.165, 1.54) is 0 Å². The van der Waals surface area contributed by atoms with Crippen LogP contribution in [0.1, 0.15) is 5.56 Å². The fourth-order valence-corrected chi connectivity index (χ4v) is 3.25. The van der Waals surface area contributed by atoms with E-state index < -0.39 is 0 Å². The Bertz CT molecular complexity index is 868. The molecule has 23 heavy (non-hydrogen) atoms. The number of fused-ring (bicyclic) bond motifs is 1. The van der Waals surface area contributed by atoms with Crippen molar-refractivity contribution in [2.75, 3.05) is 20.0 Å². The van der Waals surface area contributed by atoms with Crippen LogP contribution in [0.3, 0.4) is 0 Å². The Balaban J connectivity index is 2.33. The van der Waals surface area contributed by atoms with Crippen LogP contribution in [0, 0.1) is 0 Å². The molecule has 2 aromatic heterocycles. The molecule has 1 aromatic carbocycles. The lowest BCUT2D eigenvalue weighted by Gasteiger charge is -2.13. The topological polar surface area (TPSA) is 70.3 Å². The first-order valence-electron chi connectivity index (χ1n) is 7.01. The number of benzene rings is 1. The van der Waals surface area contributed by atoms with Crippen LogP contribution in [0.2, 0.25) is 0 Å². The van der Waals surface area contributed by atoms with Gasteiger partial charge in [0.2, 0.25) is 0 Å². The van der Waals surface area contributed by atoms with Crippen LogP contribution in [-0.4, -0.2) is 24.2 Å². The van der Waals surface area contributed by atoms with Crippen LogP contribution >= 0.6 is 22.6 Å². The van der Waals surface area contributed by atoms with Crippen molar-refractivity contribution in [2.24, 2.45) is 0 Å². The molecule has 118 valence electrons. The molecule has 0 fully saturated rings. The standard InChI is InChI=1S/C17H16IN3O2/c1-22-14-7-6-10-15(23-2)8-13(21-17(10)11(14)9-18)12-4-3-5-16(19)20-12/h3-8H,9H2,1-2H3,(H2,19,20). The minimum absolute atomic E-state index is 0.461. The van der Waals surface area contributed by atoms with E-state index >= 15 is 0 Å². The van der Waals surface area contributed by atoms with Gasteiger partial charge in [0.1, 0.15) is 17.3 Å². The molecule has 6 heteroatoms. The van der Waals surface area contributed by atoms with Gasteiger partial charge in [-0.3, -0.25) is 0 Å². The second kappa shape index (κ2) is 6.57. The van der Waals surface area contributed by atoms with Crippen molar-refractivity contribution in [3.05, 3.63) is 42.0 Å². The highest BCUT2D eigenvalue weighted by Gasteiger charge is 2.15. The Morgan fingerprint density at radius 2 is 1.78 bits per heavy atom. The summed E-state index contributed by atoms with van der Waals surface area (Å²) in [5.41, 5.74) is 9.12. The number of hydrogen-bond donors (Lipinski definition) is 1. The van der Waals surface area contributed by atoms with Crippen molar-refractivity contribution in [3.63, 3.8) is 0 Å². The molecule has 0 aliphatic heterocycles. The summed E-state index contributed by atoms with van der Waals surface area (Å²) in [5.74, 6) is 2.03. The number of aromatic nitrogens is 2. The van der Waals surface area contributed by atoms with Gasteiger partial charge in [-0.15, -0.1) is 0 Å². The fourth-order valence-electron chi connectivity index (χ4n) is 2.51. The fraction of sp³-hybridized carbons (Fsp3) is 0.176. The van der Waals surface area contributed by atoms with Crippen LogP contribution in [-0.2, 0) is 4.43 Å². The third-order valence-corrected chi connectivity index (χ3v) is 4.37. The van der Waals surface area contributed by atoms with Crippen LogP contribution in [0.25, 0.3) is 22.3 Å². The summed E-state index contributed by atoms with van der Waals surface area (Å²) in [5, 5.41) is 0.951. The van der Waals surface area contributed by atoms with Crippen molar-refractivity contribution in [2.45, 2.75) is 4.43 Å². The third kappa shape index (κ3) is 2.90. The predicted molar refractivity (Wildman–Crippen MR) is 100 cm³/mol. The molecular formula is C17H16IN3O2. The Morgan fingerprint density at radius 1 is 1.00 bits per heavy atom. The van der Waals surface area contributed by atoms with E-state index in [1.54, 1.807) is 20.3 Å². The summed E-state index contributed by atoms with van der Waals surface area (Å²) in [6, 6.07) is 11.3. The lowest BCUT2D eigenvalue weighted by Crippen LogP contribution is -1.98. The summed E-state index contributed by atoms with van der Waals surface area (Å²) in [7, 11) is 3.32. The van der Waals surface area contributed by atoms with Crippen molar-refractivity contribution < 1.29 is 9.47 Å². The lowest BCUT2D eigenvalue weighted by molar-refractivity contribution is 0.411. The molecule has 0 amide bonds. The molecule has 3 aromatic rings. The van der Waals surface area contributed by atoms with Crippen LogP contribution < -0.4 is 15.2 Å². The van der Waals surface area contributed by atoms with Gasteiger partial charge in [-0.2, -0.15) is 0 Å². The van der Waals surface area contributed by atoms with Gasteiger partial charge < -0.3 is 15.2 Å². The molecule has 2 heterocycles. The zero-order valence-corrected chi connectivity index (χ0v) is 15.0. The molecule has 0 unspecified atom stereocenters. The number of hydrogen-bond acceptors (Lipinski definition) is 5. The van der Waals surface area contributed by atoms with E-state index in [4.69, 9.17) is 20.2 Å². The molecule has 0 radical (unpaired) electrons. The van der Waals surface area contributed by atoms with Crippen molar-refractivity contribution in [3.8, 4) is 22.9 Å². The van der Waals surface area contributed by atoms with E-state index in [0.717, 1.165) is 38.1 Å². The average Bonchev–Trinajstić information content (AvgIpc) is 2.59. The smallest absolute Gasteiger partial charge is 0.130 e. The summed E-state index contributed by atoms with van der Waals surface area (Å²) in [6.45, 7) is 0. The molecule has 5 nitrogen and oxygen atoms in total. The number of ether oxygens (including phenoxy) is 2. The predicted octanol–water partition coefficient (Wildman–Crippen LogP) is 3.83. The Hall–Kier alpha value is -2.09. The average molecular weight is 421 g/mol. The summed E-state index contributed by atoms with van der Waals surface area (Å²) in [6.07, 6.45) is 0. The molecule has 3 rings (SSSR count). The molecule has 0 aliphatic carbocycles. The van der Waals surface area contributed by atoms with Crippen molar-refractivity contribution >= 4 is 39.3 Å². The number of rotatable bonds is 4. The molecule has 0 bridgehead atoms. The summed E-state index contributed by atoms with van der Waals surface area (Å²) < 4.78 is 11.8. The maximum atomic E-state index is 5.79. The molecule has 0 aliphatic rings. The van der Waals surface area contributed by atoms with Gasteiger partial charge in [0, 0.05) is 21.4 Å². The van der Waals surface area contributed by atoms with Gasteiger partial charge in [0.25, 0.3) is 0 Å². The van der Waals surface area contributed by atoms with E-state index in [0.29, 0.717) is 11.5 Å². The Labute approximate surface area is 148 Å². The van der Waals surface area contributed by atoms with E-state index in [1.807, 2.05) is 30.3 Å². The monoisotopic (exact) mass is 421 g/mol. The van der Waals surface area contributed by atoms with Crippen molar-refractivity contribution in [1.29, 1.82) is 0 Å². The van der Waals surface area contributed by atoms with E-state index in [9.17, 15) is 0 Å². The summed E-state index contributed by atoms with van der Waals surface area (Å²) in [4.78, 5) is 9.14. The largest absolute Gasteiger partial charge is 0.496 e. The molecule has 0 atom stereocenters. The quantitative estimate of drug-likeness (QED) is 0.512. The number of anilines is 1. The number of nitrogen functional groups attached to an aromatic ring is 1. The van der Waals surface area contributed by atoms with Crippen molar-refractivity contribution in [1.82, 2.24) is 9.97 Å². The van der Waals surface area contributed by atoms with Gasteiger partial charge in [0.15, 0.2) is 0 Å². The first-order chi connectivity index (χ1) is 11.2. The molecule has 0 saturated carbocycles. The summed E-state index contributed by atoms with van der Waals surface area (Å²) >= 11 is 2.31. The molecule has 0 saturated heterocycles. The van der Waals surface area contributed by atoms with Gasteiger partial charge in [-0.25, -0.2) is 9.97 Å². The molecule has 0 spiro atoms. The zero-order chi connectivity index (χ0) is 16.4. The van der Waals surface area contributed by atoms with E-state index in [2.05, 4.69) is 27.6 Å². The van der Waals surface area contributed by atoms with Gasteiger partial charge in [0.05, 0.1) is 31.1 Å². The van der Waals surface area contributed by atoms with Gasteiger partial charge >= 0.3 is 0 Å². The normalized spacial score (nSPS) is 10.7. The lowest BCUT2D eigenvalue weighted by atomic mass is 10.1. The third-order valence-electron chi connectivity index (χ3n) is 3.61. The second-order valence-corrected chi connectivity index (χ2v) is 5.70. The Kier molecular flexibility index (Phi) is 4.51. The SMILES string of the molecule is COc1ccc2c(OC)cc(-c3cccc(N)n3)nc2c1CI. The second-order valence-electron chi connectivity index (χ2n) is 4.93. The molecular weight excluding hydrogens is 405 g/mol. The maximum absolute atomic E-state index is 5.79. The van der Waals surface area contributed by atoms with Gasteiger partial charge in [-0.05, 0) is 24.3 Å². The Morgan fingerprint density at radius 3 is 2.43 bits per heavy atom. The zero-order valence-electron chi connectivity index (χ0n) is 12.8. The van der Waals surface area contributed by atoms with Crippen LogP contribution in [0.15, 0.2) is 36.4 Å². The van der Waals surface area contributed by atoms with Crippen LogP contribution in [0.4, 0.5) is 5.82 Å². The maximum Gasteiger partial charge on any atom is 0.130 e. The first-order valence-corrected chi connectivity index (χ1v) is 8.54. The minimum Gasteiger partial charge on any atom is -0.496 e. The highest BCUT2D eigenvalue weighted by Crippen LogP contribution is 2.36. The number of nitrogens with two attached hydrogens (primary N) is 1. The highest BCUT2D eigenvalue weighted by molar-refractivity contribution is 14.1. The minimum atomic E-state index is 0.461. The number of halogens is 1. The number of nitrogens with zero attached hydrogens (tertiary/aromatic N) is 2. The number of alkyl halides is 1. The highest BCUT2D eigenvalue weighted by atomic mass is 127.